The molecule has 0 spiro atoms. The standard InChI is InChI=1S/C17H22N4O3S/c1-2-24-15(22)12-5-3-6-14(11-12)18-16(23)20-9-4-10-21(20)17(25)19-13-7-8-13/h3,5-6,11,13H,2,4,7-10H2,1H3,(H,18,23)(H,19,25). The summed E-state index contributed by atoms with van der Waals surface area (Å²) in [6, 6.07) is 6.89. The number of benzene rings is 1. The Labute approximate surface area is 152 Å². The minimum atomic E-state index is -0.406. The molecule has 0 atom stereocenters. The zero-order valence-corrected chi connectivity index (χ0v) is 15.0. The van der Waals surface area contributed by atoms with Gasteiger partial charge in [0.05, 0.1) is 12.2 Å². The topological polar surface area (TPSA) is 73.9 Å². The maximum atomic E-state index is 12.6. The van der Waals surface area contributed by atoms with Crippen LogP contribution in [0.15, 0.2) is 24.3 Å². The fraction of sp³-hybridized carbons (Fsp3) is 0.471. The van der Waals surface area contributed by atoms with Gasteiger partial charge in [0.15, 0.2) is 5.11 Å². The largest absolute Gasteiger partial charge is 0.462 e. The smallest absolute Gasteiger partial charge is 0.340 e. The van der Waals surface area contributed by atoms with Crippen molar-refractivity contribution in [1.29, 1.82) is 0 Å². The van der Waals surface area contributed by atoms with Crippen LogP contribution < -0.4 is 10.6 Å². The molecule has 1 saturated carbocycles. The fourth-order valence-corrected chi connectivity index (χ4v) is 2.99. The first-order valence-electron chi connectivity index (χ1n) is 8.52. The number of thiocarbonyl (C=S) groups is 1. The van der Waals surface area contributed by atoms with E-state index in [4.69, 9.17) is 17.0 Å². The van der Waals surface area contributed by atoms with Gasteiger partial charge in [0.25, 0.3) is 0 Å². The second-order valence-corrected chi connectivity index (χ2v) is 6.44. The van der Waals surface area contributed by atoms with Crippen molar-refractivity contribution in [1.82, 2.24) is 15.3 Å². The number of carbonyl (C=O) groups is 2. The predicted molar refractivity (Wildman–Crippen MR) is 98.2 cm³/mol. The van der Waals surface area contributed by atoms with E-state index in [0.717, 1.165) is 25.8 Å². The van der Waals surface area contributed by atoms with Crippen molar-refractivity contribution >= 4 is 35.0 Å². The molecule has 2 fully saturated rings. The Bertz CT molecular complexity index is 678. The van der Waals surface area contributed by atoms with E-state index in [2.05, 4.69) is 10.6 Å². The van der Waals surface area contributed by atoms with Gasteiger partial charge < -0.3 is 15.4 Å². The normalized spacial score (nSPS) is 16.5. The molecular formula is C17H22N4O3S. The molecule has 2 aliphatic rings. The third-order valence-electron chi connectivity index (χ3n) is 4.03. The average Bonchev–Trinajstić information content (AvgIpc) is 3.26. The molecule has 1 aromatic carbocycles. The Balaban J connectivity index is 1.63. The monoisotopic (exact) mass is 362 g/mol. The third-order valence-corrected chi connectivity index (χ3v) is 4.36. The molecule has 1 aromatic rings. The van der Waals surface area contributed by atoms with Crippen molar-refractivity contribution in [2.75, 3.05) is 25.0 Å². The van der Waals surface area contributed by atoms with Gasteiger partial charge in [0.2, 0.25) is 0 Å². The number of rotatable bonds is 4. The van der Waals surface area contributed by atoms with E-state index in [1.165, 1.54) is 0 Å². The summed E-state index contributed by atoms with van der Waals surface area (Å²) in [7, 11) is 0. The number of nitrogens with zero attached hydrogens (tertiary/aromatic N) is 2. The van der Waals surface area contributed by atoms with Crippen molar-refractivity contribution in [3.63, 3.8) is 0 Å². The maximum Gasteiger partial charge on any atom is 0.340 e. The molecule has 0 bridgehead atoms. The summed E-state index contributed by atoms with van der Waals surface area (Å²) < 4.78 is 4.98. The Morgan fingerprint density at radius 2 is 2.04 bits per heavy atom. The van der Waals surface area contributed by atoms with Gasteiger partial charge in [-0.2, -0.15) is 0 Å². The number of carbonyl (C=O) groups excluding carboxylic acids is 2. The summed E-state index contributed by atoms with van der Waals surface area (Å²) in [6.07, 6.45) is 3.12. The molecule has 8 heteroatoms. The van der Waals surface area contributed by atoms with E-state index in [1.54, 1.807) is 41.2 Å². The van der Waals surface area contributed by atoms with Crippen molar-refractivity contribution in [2.24, 2.45) is 0 Å². The van der Waals surface area contributed by atoms with Crippen LogP contribution in [0.3, 0.4) is 0 Å². The minimum absolute atomic E-state index is 0.265. The molecule has 134 valence electrons. The predicted octanol–water partition coefficient (Wildman–Crippen LogP) is 2.35. The highest BCUT2D eigenvalue weighted by atomic mass is 32.1. The Hall–Kier alpha value is -2.35. The van der Waals surface area contributed by atoms with Gasteiger partial charge >= 0.3 is 12.0 Å². The van der Waals surface area contributed by atoms with Crippen LogP contribution in [0.25, 0.3) is 0 Å². The molecule has 25 heavy (non-hydrogen) atoms. The maximum absolute atomic E-state index is 12.6. The van der Waals surface area contributed by atoms with Gasteiger partial charge in [-0.05, 0) is 56.6 Å². The van der Waals surface area contributed by atoms with Crippen LogP contribution in [-0.4, -0.2) is 52.9 Å². The molecular weight excluding hydrogens is 340 g/mol. The SMILES string of the molecule is CCOC(=O)c1cccc(NC(=O)N2CCCN2C(=S)NC2CC2)c1. The van der Waals surface area contributed by atoms with Crippen LogP contribution in [0.2, 0.25) is 0 Å². The minimum Gasteiger partial charge on any atom is -0.462 e. The number of esters is 1. The van der Waals surface area contributed by atoms with Crippen LogP contribution in [0, 0.1) is 0 Å². The second kappa shape index (κ2) is 7.69. The lowest BCUT2D eigenvalue weighted by Gasteiger charge is -2.30. The lowest BCUT2D eigenvalue weighted by atomic mass is 10.2. The second-order valence-electron chi connectivity index (χ2n) is 6.06. The number of urea groups is 1. The molecule has 1 aliphatic carbocycles. The van der Waals surface area contributed by atoms with Gasteiger partial charge in [-0.15, -0.1) is 0 Å². The molecule has 1 heterocycles. The van der Waals surface area contributed by atoms with Gasteiger partial charge in [0.1, 0.15) is 0 Å². The van der Waals surface area contributed by atoms with Gasteiger partial charge in [0, 0.05) is 24.8 Å². The van der Waals surface area contributed by atoms with Crippen LogP contribution >= 0.6 is 12.2 Å². The number of hydrogen-bond acceptors (Lipinski definition) is 4. The molecule has 0 radical (unpaired) electrons. The summed E-state index contributed by atoms with van der Waals surface area (Å²) in [5.41, 5.74) is 0.951. The Kier molecular flexibility index (Phi) is 5.37. The molecule has 2 N–H and O–H groups in total. The van der Waals surface area contributed by atoms with Crippen molar-refractivity contribution < 1.29 is 14.3 Å². The summed E-state index contributed by atoms with van der Waals surface area (Å²) in [4.78, 5) is 24.4. The molecule has 3 rings (SSSR count). The van der Waals surface area contributed by atoms with Crippen LogP contribution in [-0.2, 0) is 4.74 Å². The van der Waals surface area contributed by atoms with E-state index in [1.807, 2.05) is 0 Å². The highest BCUT2D eigenvalue weighted by Gasteiger charge is 2.31. The zero-order chi connectivity index (χ0) is 17.8. The quantitative estimate of drug-likeness (QED) is 0.633. The first kappa shape index (κ1) is 17.5. The zero-order valence-electron chi connectivity index (χ0n) is 14.2. The highest BCUT2D eigenvalue weighted by molar-refractivity contribution is 7.80. The first-order valence-corrected chi connectivity index (χ1v) is 8.93. The summed E-state index contributed by atoms with van der Waals surface area (Å²) in [5.74, 6) is -0.406. The van der Waals surface area contributed by atoms with Crippen molar-refractivity contribution in [3.05, 3.63) is 29.8 Å². The summed E-state index contributed by atoms with van der Waals surface area (Å²) >= 11 is 5.41. The Morgan fingerprint density at radius 3 is 2.76 bits per heavy atom. The Morgan fingerprint density at radius 1 is 1.28 bits per heavy atom. The molecule has 1 aliphatic heterocycles. The molecule has 0 aromatic heterocycles. The summed E-state index contributed by atoms with van der Waals surface area (Å²) in [5, 5.41) is 10.1. The van der Waals surface area contributed by atoms with E-state index in [0.29, 0.717) is 35.6 Å². The fourth-order valence-electron chi connectivity index (χ4n) is 2.64. The van der Waals surface area contributed by atoms with E-state index in [9.17, 15) is 9.59 Å². The molecule has 1 saturated heterocycles. The lowest BCUT2D eigenvalue weighted by Crippen LogP contribution is -2.50. The molecule has 7 nitrogen and oxygen atoms in total. The first-order chi connectivity index (χ1) is 12.1. The van der Waals surface area contributed by atoms with E-state index in [-0.39, 0.29) is 6.03 Å². The van der Waals surface area contributed by atoms with Crippen LogP contribution in [0.4, 0.5) is 10.5 Å². The van der Waals surface area contributed by atoms with Crippen molar-refractivity contribution in [3.8, 4) is 0 Å². The van der Waals surface area contributed by atoms with Gasteiger partial charge in [-0.1, -0.05) is 6.07 Å². The number of hydrogen-bond donors (Lipinski definition) is 2. The number of hydrazine groups is 1. The van der Waals surface area contributed by atoms with Crippen LogP contribution in [0.5, 0.6) is 0 Å². The van der Waals surface area contributed by atoms with Crippen LogP contribution in [0.1, 0.15) is 36.5 Å². The van der Waals surface area contributed by atoms with E-state index < -0.39 is 5.97 Å². The van der Waals surface area contributed by atoms with Gasteiger partial charge in [-0.25, -0.2) is 14.6 Å². The van der Waals surface area contributed by atoms with Crippen molar-refractivity contribution in [2.45, 2.75) is 32.2 Å². The lowest BCUT2D eigenvalue weighted by molar-refractivity contribution is 0.0526. The highest BCUT2D eigenvalue weighted by Crippen LogP contribution is 2.21. The van der Waals surface area contributed by atoms with Gasteiger partial charge in [-0.3, -0.25) is 5.01 Å². The molecule has 2 amide bonds. The number of ether oxygens (including phenoxy) is 1. The van der Waals surface area contributed by atoms with E-state index >= 15 is 0 Å². The number of anilines is 1. The average molecular weight is 362 g/mol. The number of nitrogens with one attached hydrogen (secondary N) is 2. The number of amides is 2. The molecule has 0 unspecified atom stereocenters. The summed E-state index contributed by atoms with van der Waals surface area (Å²) in [6.45, 7) is 3.39. The third kappa shape index (κ3) is 4.39.